The van der Waals surface area contributed by atoms with Gasteiger partial charge in [0.2, 0.25) is 5.91 Å². The first-order valence-corrected chi connectivity index (χ1v) is 12.5. The lowest BCUT2D eigenvalue weighted by molar-refractivity contribution is -0.114. The number of carbonyl (C=O) groups excluding carboxylic acids is 1. The SMILES string of the molecule is CC(=O)Nc1ccc(S(=O)(=O)[C@H]2CS(=O)(=O)C[C@@H]2NCc2cccs2)cc1. The van der Waals surface area contributed by atoms with Gasteiger partial charge in [-0.2, -0.15) is 0 Å². The number of carbonyl (C=O) groups is 1. The molecule has 0 saturated carbocycles. The van der Waals surface area contributed by atoms with E-state index in [0.29, 0.717) is 12.2 Å². The fourth-order valence-electron chi connectivity index (χ4n) is 3.06. The monoisotopic (exact) mass is 428 g/mol. The van der Waals surface area contributed by atoms with Gasteiger partial charge in [0.25, 0.3) is 0 Å². The van der Waals surface area contributed by atoms with E-state index in [4.69, 9.17) is 0 Å². The van der Waals surface area contributed by atoms with E-state index in [1.807, 2.05) is 17.5 Å². The summed E-state index contributed by atoms with van der Waals surface area (Å²) in [7, 11) is -7.29. The summed E-state index contributed by atoms with van der Waals surface area (Å²) in [6.45, 7) is 1.78. The molecular formula is C17H20N2O5S3. The van der Waals surface area contributed by atoms with E-state index >= 15 is 0 Å². The molecule has 3 rings (SSSR count). The Morgan fingerprint density at radius 3 is 2.48 bits per heavy atom. The lowest BCUT2D eigenvalue weighted by Crippen LogP contribution is -2.42. The van der Waals surface area contributed by atoms with Crippen molar-refractivity contribution < 1.29 is 21.6 Å². The maximum Gasteiger partial charge on any atom is 0.221 e. The standard InChI is InChI=1S/C17H20N2O5S3/c1-12(20)19-13-4-6-15(7-5-13)27(23,24)17-11-26(21,22)10-16(17)18-9-14-3-2-8-25-14/h2-8,16-18H,9-11H2,1H3,(H,19,20)/t16-,17-/m0/s1. The molecule has 0 unspecified atom stereocenters. The Hall–Kier alpha value is -1.75. The Labute approximate surface area is 162 Å². The number of rotatable bonds is 6. The van der Waals surface area contributed by atoms with Crippen LogP contribution in [0.5, 0.6) is 0 Å². The molecule has 27 heavy (non-hydrogen) atoms. The third-order valence-corrected chi connectivity index (χ3v) is 9.36. The first-order valence-electron chi connectivity index (χ1n) is 8.25. The Morgan fingerprint density at radius 2 is 1.89 bits per heavy atom. The average molecular weight is 429 g/mol. The third kappa shape index (κ3) is 4.75. The largest absolute Gasteiger partial charge is 0.326 e. The minimum Gasteiger partial charge on any atom is -0.326 e. The fraction of sp³-hybridized carbons (Fsp3) is 0.353. The number of thiophene rings is 1. The second-order valence-electron chi connectivity index (χ2n) is 6.43. The molecule has 0 radical (unpaired) electrons. The van der Waals surface area contributed by atoms with Crippen molar-refractivity contribution >= 4 is 42.6 Å². The van der Waals surface area contributed by atoms with Crippen molar-refractivity contribution in [2.45, 2.75) is 29.7 Å². The van der Waals surface area contributed by atoms with Crippen LogP contribution in [0.25, 0.3) is 0 Å². The van der Waals surface area contributed by atoms with Gasteiger partial charge in [-0.3, -0.25) is 4.79 Å². The predicted octanol–water partition coefficient (Wildman–Crippen LogP) is 1.44. The molecular weight excluding hydrogens is 408 g/mol. The molecule has 2 heterocycles. The van der Waals surface area contributed by atoms with Crippen LogP contribution in [0.4, 0.5) is 5.69 Å². The molecule has 146 valence electrons. The Kier molecular flexibility index (Phi) is 5.71. The van der Waals surface area contributed by atoms with Crippen LogP contribution in [-0.4, -0.2) is 45.5 Å². The van der Waals surface area contributed by atoms with Gasteiger partial charge in [0.05, 0.1) is 21.7 Å². The molecule has 2 atom stereocenters. The molecule has 2 N–H and O–H groups in total. The van der Waals surface area contributed by atoms with Gasteiger partial charge in [-0.05, 0) is 35.7 Å². The second-order valence-corrected chi connectivity index (χ2v) is 11.8. The highest BCUT2D eigenvalue weighted by atomic mass is 32.2. The van der Waals surface area contributed by atoms with Crippen molar-refractivity contribution in [1.82, 2.24) is 5.32 Å². The van der Waals surface area contributed by atoms with E-state index in [-0.39, 0.29) is 16.6 Å². The summed E-state index contributed by atoms with van der Waals surface area (Å²) in [5.74, 6) is -0.859. The summed E-state index contributed by atoms with van der Waals surface area (Å²) >= 11 is 1.52. The van der Waals surface area contributed by atoms with Crippen LogP contribution in [0.1, 0.15) is 11.8 Å². The number of sulfone groups is 2. The minimum atomic E-state index is -3.85. The molecule has 7 nitrogen and oxygen atoms in total. The lowest BCUT2D eigenvalue weighted by atomic mass is 10.2. The summed E-state index contributed by atoms with van der Waals surface area (Å²) in [5.41, 5.74) is 0.480. The normalized spacial score (nSPS) is 21.8. The number of nitrogens with one attached hydrogen (secondary N) is 2. The first-order chi connectivity index (χ1) is 12.7. The molecule has 10 heteroatoms. The smallest absolute Gasteiger partial charge is 0.221 e. The van der Waals surface area contributed by atoms with E-state index in [0.717, 1.165) is 4.88 Å². The number of hydrogen-bond donors (Lipinski definition) is 2. The Balaban J connectivity index is 1.82. The molecule has 1 aromatic carbocycles. The Bertz CT molecular complexity index is 1010. The Morgan fingerprint density at radius 1 is 1.19 bits per heavy atom. The van der Waals surface area contributed by atoms with E-state index in [2.05, 4.69) is 10.6 Å². The number of benzene rings is 1. The van der Waals surface area contributed by atoms with Crippen LogP contribution >= 0.6 is 11.3 Å². The van der Waals surface area contributed by atoms with Gasteiger partial charge in [0.1, 0.15) is 0 Å². The maximum atomic E-state index is 13.0. The van der Waals surface area contributed by atoms with Crippen molar-refractivity contribution in [2.75, 3.05) is 16.8 Å². The highest BCUT2D eigenvalue weighted by Gasteiger charge is 2.45. The summed E-state index contributed by atoms with van der Waals surface area (Å²) in [4.78, 5) is 12.1. The van der Waals surface area contributed by atoms with Crippen LogP contribution in [0, 0.1) is 0 Å². The molecule has 2 aromatic rings. The van der Waals surface area contributed by atoms with Gasteiger partial charge < -0.3 is 10.6 Å². The lowest BCUT2D eigenvalue weighted by Gasteiger charge is -2.20. The summed E-state index contributed by atoms with van der Waals surface area (Å²) in [6.07, 6.45) is 0. The number of anilines is 1. The van der Waals surface area contributed by atoms with Gasteiger partial charge in [-0.15, -0.1) is 11.3 Å². The molecule has 0 aliphatic carbocycles. The van der Waals surface area contributed by atoms with E-state index < -0.39 is 36.7 Å². The topological polar surface area (TPSA) is 109 Å². The molecule has 1 aliphatic rings. The first kappa shape index (κ1) is 20.0. The quantitative estimate of drug-likeness (QED) is 0.720. The average Bonchev–Trinajstić information content (AvgIpc) is 3.20. The number of hydrogen-bond acceptors (Lipinski definition) is 7. The summed E-state index contributed by atoms with van der Waals surface area (Å²) in [5, 5.41) is 6.53. The van der Waals surface area contributed by atoms with Crippen molar-refractivity contribution in [3.05, 3.63) is 46.7 Å². The van der Waals surface area contributed by atoms with Gasteiger partial charge in [-0.25, -0.2) is 16.8 Å². The molecule has 1 aromatic heterocycles. The molecule has 1 amide bonds. The van der Waals surface area contributed by atoms with Crippen LogP contribution in [0.3, 0.4) is 0 Å². The zero-order valence-corrected chi connectivity index (χ0v) is 17.0. The number of amides is 1. The zero-order valence-electron chi connectivity index (χ0n) is 14.6. The summed E-state index contributed by atoms with van der Waals surface area (Å²) in [6, 6.07) is 8.89. The van der Waals surface area contributed by atoms with Crippen molar-refractivity contribution in [2.24, 2.45) is 0 Å². The minimum absolute atomic E-state index is 0.0432. The maximum absolute atomic E-state index is 13.0. The molecule has 0 spiro atoms. The summed E-state index contributed by atoms with van der Waals surface area (Å²) < 4.78 is 50.3. The van der Waals surface area contributed by atoms with Crippen molar-refractivity contribution in [3.8, 4) is 0 Å². The molecule has 1 fully saturated rings. The third-order valence-electron chi connectivity index (χ3n) is 4.32. The second kappa shape index (κ2) is 7.70. The highest BCUT2D eigenvalue weighted by molar-refractivity contribution is 7.96. The van der Waals surface area contributed by atoms with Gasteiger partial charge in [0.15, 0.2) is 19.7 Å². The highest BCUT2D eigenvalue weighted by Crippen LogP contribution is 2.27. The van der Waals surface area contributed by atoms with E-state index in [1.54, 1.807) is 0 Å². The van der Waals surface area contributed by atoms with Crippen LogP contribution < -0.4 is 10.6 Å². The van der Waals surface area contributed by atoms with Crippen molar-refractivity contribution in [1.29, 1.82) is 0 Å². The van der Waals surface area contributed by atoms with Crippen LogP contribution in [0.15, 0.2) is 46.7 Å². The van der Waals surface area contributed by atoms with E-state index in [9.17, 15) is 21.6 Å². The molecule has 1 saturated heterocycles. The predicted molar refractivity (Wildman–Crippen MR) is 105 cm³/mol. The van der Waals surface area contributed by atoms with Gasteiger partial charge in [-0.1, -0.05) is 6.07 Å². The molecule has 0 bridgehead atoms. The zero-order chi connectivity index (χ0) is 19.7. The molecule has 1 aliphatic heterocycles. The fourth-order valence-corrected chi connectivity index (χ4v) is 8.43. The van der Waals surface area contributed by atoms with E-state index in [1.165, 1.54) is 42.5 Å². The van der Waals surface area contributed by atoms with Crippen molar-refractivity contribution in [3.63, 3.8) is 0 Å². The van der Waals surface area contributed by atoms with Crippen LogP contribution in [-0.2, 0) is 31.0 Å². The van der Waals surface area contributed by atoms with Gasteiger partial charge in [0, 0.05) is 30.1 Å². The van der Waals surface area contributed by atoms with Crippen LogP contribution in [0.2, 0.25) is 0 Å². The van der Waals surface area contributed by atoms with Gasteiger partial charge >= 0.3 is 0 Å².